The van der Waals surface area contributed by atoms with E-state index in [2.05, 4.69) is 54.3 Å². The van der Waals surface area contributed by atoms with Crippen LogP contribution in [-0.4, -0.2) is 24.8 Å². The topological polar surface area (TPSA) is 35.5 Å². The summed E-state index contributed by atoms with van der Waals surface area (Å²) in [5, 5.41) is 0. The summed E-state index contributed by atoms with van der Waals surface area (Å²) in [6.45, 7) is 6.81. The van der Waals surface area contributed by atoms with Gasteiger partial charge in [-0.05, 0) is 80.4 Å². The maximum Gasteiger partial charge on any atom is 0.306 e. The highest BCUT2D eigenvalue weighted by Crippen LogP contribution is 2.21. The van der Waals surface area contributed by atoms with E-state index < -0.39 is 5.60 Å². The van der Waals surface area contributed by atoms with Gasteiger partial charge in [0.1, 0.15) is 5.60 Å². The van der Waals surface area contributed by atoms with Gasteiger partial charge in [-0.3, -0.25) is 4.79 Å². The molecule has 32 heavy (non-hydrogen) atoms. The van der Waals surface area contributed by atoms with Gasteiger partial charge in [0.05, 0.1) is 19.6 Å². The summed E-state index contributed by atoms with van der Waals surface area (Å²) in [5.41, 5.74) is 7.35. The predicted octanol–water partition coefficient (Wildman–Crippen LogP) is 6.53. The second-order valence-electron chi connectivity index (χ2n) is 9.32. The monoisotopic (exact) mass is 430 g/mol. The third-order valence-electron chi connectivity index (χ3n) is 5.20. The lowest BCUT2D eigenvalue weighted by molar-refractivity contribution is -0.156. The number of rotatable bonds is 9. The first-order chi connectivity index (χ1) is 15.4. The Kier molecular flexibility index (Phi) is 8.67. The summed E-state index contributed by atoms with van der Waals surface area (Å²) in [6, 6.07) is 8.52. The minimum atomic E-state index is -0.481. The Morgan fingerprint density at radius 1 is 1.12 bits per heavy atom. The number of ether oxygens (including phenoxy) is 2. The maximum atomic E-state index is 12.5. The van der Waals surface area contributed by atoms with Gasteiger partial charge in [-0.1, -0.05) is 60.7 Å². The zero-order valence-corrected chi connectivity index (χ0v) is 19.5. The number of hydrogen-bond acceptors (Lipinski definition) is 3. The van der Waals surface area contributed by atoms with Gasteiger partial charge < -0.3 is 9.47 Å². The van der Waals surface area contributed by atoms with Crippen molar-refractivity contribution in [3.8, 4) is 0 Å². The molecule has 1 aromatic carbocycles. The van der Waals surface area contributed by atoms with Crippen molar-refractivity contribution in [2.24, 2.45) is 5.92 Å². The fourth-order valence-corrected chi connectivity index (χ4v) is 3.73. The molecule has 0 saturated heterocycles. The van der Waals surface area contributed by atoms with Crippen LogP contribution in [0.15, 0.2) is 84.2 Å². The van der Waals surface area contributed by atoms with E-state index in [1.54, 1.807) is 0 Å². The van der Waals surface area contributed by atoms with E-state index in [4.69, 9.17) is 9.47 Å². The molecular formula is C29H34O3. The van der Waals surface area contributed by atoms with E-state index in [1.165, 1.54) is 11.1 Å². The van der Waals surface area contributed by atoms with Crippen LogP contribution in [0.25, 0.3) is 5.57 Å². The molecule has 2 aliphatic carbocycles. The highest BCUT2D eigenvalue weighted by Gasteiger charge is 2.21. The quantitative estimate of drug-likeness (QED) is 0.330. The van der Waals surface area contributed by atoms with Gasteiger partial charge in [-0.25, -0.2) is 0 Å². The molecule has 0 fully saturated rings. The molecule has 0 bridgehead atoms. The molecule has 0 aromatic heterocycles. The molecule has 1 aromatic rings. The Bertz CT molecular complexity index is 959. The number of benzene rings is 1. The predicted molar refractivity (Wildman–Crippen MR) is 131 cm³/mol. The van der Waals surface area contributed by atoms with E-state index >= 15 is 0 Å². The molecule has 3 heteroatoms. The Hall–Kier alpha value is -2.87. The van der Waals surface area contributed by atoms with Crippen LogP contribution in [-0.2, 0) is 20.7 Å². The van der Waals surface area contributed by atoms with Crippen molar-refractivity contribution in [3.05, 3.63) is 95.3 Å². The highest BCUT2D eigenvalue weighted by atomic mass is 16.6. The third kappa shape index (κ3) is 8.34. The Balaban J connectivity index is 1.63. The first-order valence-electron chi connectivity index (χ1n) is 11.4. The SMILES string of the molecule is CC(C)(C)OC(=O)CC(COCC1=CCCC=C1)Cc1ccc(C2=CC=CC=C=C2)cc1. The first-order valence-corrected chi connectivity index (χ1v) is 11.4. The summed E-state index contributed by atoms with van der Waals surface area (Å²) in [4.78, 5) is 12.5. The lowest BCUT2D eigenvalue weighted by Gasteiger charge is -2.22. The Morgan fingerprint density at radius 3 is 2.66 bits per heavy atom. The smallest absolute Gasteiger partial charge is 0.306 e. The number of esters is 1. The van der Waals surface area contributed by atoms with Gasteiger partial charge in [-0.15, -0.1) is 5.73 Å². The van der Waals surface area contributed by atoms with Crippen molar-refractivity contribution in [2.75, 3.05) is 13.2 Å². The minimum Gasteiger partial charge on any atom is -0.460 e. The van der Waals surface area contributed by atoms with Crippen molar-refractivity contribution in [1.29, 1.82) is 0 Å². The van der Waals surface area contributed by atoms with Gasteiger partial charge in [0.2, 0.25) is 0 Å². The van der Waals surface area contributed by atoms with Crippen molar-refractivity contribution in [1.82, 2.24) is 0 Å². The van der Waals surface area contributed by atoms with Gasteiger partial charge in [0.25, 0.3) is 0 Å². The number of carbonyl (C=O) groups is 1. The van der Waals surface area contributed by atoms with E-state index in [0.717, 1.165) is 30.4 Å². The second kappa shape index (κ2) is 11.7. The van der Waals surface area contributed by atoms with Crippen LogP contribution in [0, 0.1) is 5.92 Å². The van der Waals surface area contributed by atoms with E-state index in [-0.39, 0.29) is 11.9 Å². The summed E-state index contributed by atoms with van der Waals surface area (Å²) >= 11 is 0. The number of allylic oxidation sites excluding steroid dienone is 7. The fourth-order valence-electron chi connectivity index (χ4n) is 3.73. The zero-order chi connectivity index (χ0) is 22.8. The normalized spacial score (nSPS) is 16.3. The third-order valence-corrected chi connectivity index (χ3v) is 5.20. The molecule has 0 saturated carbocycles. The van der Waals surface area contributed by atoms with Crippen molar-refractivity contribution >= 4 is 11.5 Å². The van der Waals surface area contributed by atoms with Crippen LogP contribution < -0.4 is 0 Å². The van der Waals surface area contributed by atoms with E-state index in [9.17, 15) is 4.79 Å². The molecule has 2 aliphatic rings. The zero-order valence-electron chi connectivity index (χ0n) is 19.5. The summed E-state index contributed by atoms with van der Waals surface area (Å²) < 4.78 is 11.6. The lowest BCUT2D eigenvalue weighted by atomic mass is 9.95. The molecule has 168 valence electrons. The van der Waals surface area contributed by atoms with Gasteiger partial charge in [0, 0.05) is 0 Å². The number of carbonyl (C=O) groups excluding carboxylic acids is 1. The molecule has 1 atom stereocenters. The summed E-state index contributed by atoms with van der Waals surface area (Å²) in [5.74, 6) is -0.112. The molecule has 0 N–H and O–H groups in total. The molecule has 1 unspecified atom stereocenters. The van der Waals surface area contributed by atoms with Gasteiger partial charge in [-0.2, -0.15) is 0 Å². The average Bonchev–Trinajstić information content (AvgIpc) is 3.03. The minimum absolute atomic E-state index is 0.0618. The van der Waals surface area contributed by atoms with Crippen LogP contribution in [0.1, 0.15) is 51.2 Å². The molecule has 0 spiro atoms. The average molecular weight is 431 g/mol. The van der Waals surface area contributed by atoms with Crippen LogP contribution in [0.4, 0.5) is 0 Å². The molecule has 0 aliphatic heterocycles. The highest BCUT2D eigenvalue weighted by molar-refractivity contribution is 5.75. The molecule has 3 rings (SSSR count). The molecule has 0 radical (unpaired) electrons. The largest absolute Gasteiger partial charge is 0.460 e. The van der Waals surface area contributed by atoms with Crippen LogP contribution in [0.3, 0.4) is 0 Å². The van der Waals surface area contributed by atoms with Crippen LogP contribution >= 0.6 is 0 Å². The molecule has 0 heterocycles. The van der Waals surface area contributed by atoms with Gasteiger partial charge in [0.15, 0.2) is 0 Å². The Morgan fingerprint density at radius 2 is 1.94 bits per heavy atom. The standard InChI is InChI=1S/C29H34O3/c1-29(2,3)32-28(30)20-25(22-31-21-24-11-7-6-8-12-24)19-23-15-17-27(18-16-23)26-13-9-4-5-10-14-26/h4-5,7,9,11-18,25H,6,8,19-22H2,1-3H3. The van der Waals surface area contributed by atoms with Crippen molar-refractivity contribution in [2.45, 2.75) is 52.1 Å². The van der Waals surface area contributed by atoms with Crippen LogP contribution in [0.2, 0.25) is 0 Å². The number of hydrogen-bond donors (Lipinski definition) is 0. The summed E-state index contributed by atoms with van der Waals surface area (Å²) in [7, 11) is 0. The molecule has 0 amide bonds. The Labute approximate surface area is 192 Å². The van der Waals surface area contributed by atoms with Crippen molar-refractivity contribution in [3.63, 3.8) is 0 Å². The van der Waals surface area contributed by atoms with Gasteiger partial charge >= 0.3 is 5.97 Å². The van der Waals surface area contributed by atoms with E-state index in [1.807, 2.05) is 45.1 Å². The first kappa shape index (κ1) is 23.8. The fraction of sp³-hybridized carbons (Fsp3) is 0.379. The molecular weight excluding hydrogens is 396 g/mol. The maximum absolute atomic E-state index is 12.5. The second-order valence-corrected chi connectivity index (χ2v) is 9.32. The molecule has 3 nitrogen and oxygen atoms in total. The van der Waals surface area contributed by atoms with Crippen LogP contribution in [0.5, 0.6) is 0 Å². The summed E-state index contributed by atoms with van der Waals surface area (Å²) in [6.07, 6.45) is 19.8. The van der Waals surface area contributed by atoms with Crippen molar-refractivity contribution < 1.29 is 14.3 Å². The van der Waals surface area contributed by atoms with E-state index in [0.29, 0.717) is 19.6 Å². The lowest BCUT2D eigenvalue weighted by Crippen LogP contribution is -2.27.